The molecule has 0 aromatic rings. The van der Waals surface area contributed by atoms with Crippen LogP contribution in [-0.2, 0) is 4.74 Å². The van der Waals surface area contributed by atoms with Crippen LogP contribution in [0.5, 0.6) is 0 Å². The number of aliphatic hydroxyl groups is 2. The van der Waals surface area contributed by atoms with Gasteiger partial charge in [-0.3, -0.25) is 0 Å². The lowest BCUT2D eigenvalue weighted by molar-refractivity contribution is -0.130. The average Bonchev–Trinajstić information content (AvgIpc) is 3.26. The van der Waals surface area contributed by atoms with Crippen LogP contribution < -0.4 is 0 Å². The molecule has 0 aromatic carbocycles. The molecule has 0 aliphatic heterocycles. The maximum atomic E-state index is 11.1. The molecule has 3 nitrogen and oxygen atoms in total. The fourth-order valence-corrected chi connectivity index (χ4v) is 7.63. The molecule has 2 N–H and O–H groups in total. The van der Waals surface area contributed by atoms with E-state index in [2.05, 4.69) is 40.7 Å². The lowest BCUT2D eigenvalue weighted by Crippen LogP contribution is -2.48. The number of unbranched alkanes of at least 4 members (excludes halogenated alkanes) is 1. The molecule has 3 aliphatic carbocycles. The Balaban J connectivity index is 1.75. The van der Waals surface area contributed by atoms with Gasteiger partial charge < -0.3 is 14.9 Å². The highest BCUT2D eigenvalue weighted by Gasteiger charge is 2.51. The highest BCUT2D eigenvalue weighted by atomic mass is 16.5. The molecule has 2 fully saturated rings. The Morgan fingerprint density at radius 2 is 1.97 bits per heavy atom. The molecular weight excluding hydrogens is 396 g/mol. The van der Waals surface area contributed by atoms with Gasteiger partial charge in [0.2, 0.25) is 0 Å². The van der Waals surface area contributed by atoms with Crippen LogP contribution in [0.25, 0.3) is 0 Å². The zero-order valence-electron chi connectivity index (χ0n) is 21.9. The van der Waals surface area contributed by atoms with Crippen LogP contribution in [0, 0.1) is 35.0 Å². The molecule has 3 heteroatoms. The zero-order chi connectivity index (χ0) is 23.5. The Hall–Kier alpha value is -0.380. The van der Waals surface area contributed by atoms with Gasteiger partial charge in [0.1, 0.15) is 0 Å². The van der Waals surface area contributed by atoms with E-state index < -0.39 is 5.60 Å². The van der Waals surface area contributed by atoms with E-state index in [0.29, 0.717) is 11.8 Å². The molecule has 0 radical (unpaired) electrons. The Morgan fingerprint density at radius 3 is 2.62 bits per heavy atom. The number of aliphatic hydroxyl groups excluding tert-OH is 2. The molecule has 2 saturated carbocycles. The SMILES string of the molecule is CCCCC1C(C2CCC([C@](C)(OC)[C@@H](O)CCC(C)C)C2)CC=C2CC(O)CC[C@@]21C. The Labute approximate surface area is 198 Å². The van der Waals surface area contributed by atoms with Crippen molar-refractivity contribution in [3.63, 3.8) is 0 Å². The minimum absolute atomic E-state index is 0.136. The van der Waals surface area contributed by atoms with Gasteiger partial charge in [-0.05, 0) is 106 Å². The Bertz CT molecular complexity index is 628. The third-order valence-corrected chi connectivity index (χ3v) is 10.0. The van der Waals surface area contributed by atoms with Crippen molar-refractivity contribution in [2.45, 2.75) is 129 Å². The molecular formula is C29H52O3. The molecule has 0 spiro atoms. The summed E-state index contributed by atoms with van der Waals surface area (Å²) in [6.45, 7) is 11.5. The smallest absolute Gasteiger partial charge is 0.0936 e. The zero-order valence-corrected chi connectivity index (χ0v) is 21.9. The number of ether oxygens (including phenoxy) is 1. The average molecular weight is 449 g/mol. The standard InChI is InChI=1S/C29H52O3/c1-7-8-9-26-25(14-13-22-19-24(30)16-17-28(22,26)4)21-11-12-23(18-21)29(5,32-6)27(31)15-10-20(2)3/h13,20-21,23-27,30-31H,7-12,14-19H2,1-6H3/t21?,23?,24?,25?,26?,27-,28-,29-/m0/s1. The summed E-state index contributed by atoms with van der Waals surface area (Å²) in [5, 5.41) is 21.4. The van der Waals surface area contributed by atoms with Crippen LogP contribution in [0.3, 0.4) is 0 Å². The van der Waals surface area contributed by atoms with Gasteiger partial charge in [-0.1, -0.05) is 52.2 Å². The maximum Gasteiger partial charge on any atom is 0.0936 e. The number of hydrogen-bond acceptors (Lipinski definition) is 3. The molecule has 0 saturated heterocycles. The molecule has 5 unspecified atom stereocenters. The van der Waals surface area contributed by atoms with Gasteiger partial charge in [-0.2, -0.15) is 0 Å². The Kier molecular flexibility index (Phi) is 8.94. The van der Waals surface area contributed by atoms with E-state index in [4.69, 9.17) is 4.74 Å². The summed E-state index contributed by atoms with van der Waals surface area (Å²) in [6, 6.07) is 0. The molecule has 32 heavy (non-hydrogen) atoms. The number of rotatable bonds is 10. The first-order valence-corrected chi connectivity index (χ1v) is 13.8. The fourth-order valence-electron chi connectivity index (χ4n) is 7.63. The Morgan fingerprint density at radius 1 is 1.22 bits per heavy atom. The maximum absolute atomic E-state index is 11.1. The van der Waals surface area contributed by atoms with E-state index in [0.717, 1.165) is 49.9 Å². The third-order valence-electron chi connectivity index (χ3n) is 10.0. The highest BCUT2D eigenvalue weighted by molar-refractivity contribution is 5.23. The molecule has 0 aromatic heterocycles. The van der Waals surface area contributed by atoms with Crippen LogP contribution in [0.4, 0.5) is 0 Å². The van der Waals surface area contributed by atoms with Gasteiger partial charge in [-0.15, -0.1) is 0 Å². The van der Waals surface area contributed by atoms with Crippen molar-refractivity contribution in [1.29, 1.82) is 0 Å². The quantitative estimate of drug-likeness (QED) is 0.357. The summed E-state index contributed by atoms with van der Waals surface area (Å²) in [5.41, 5.74) is 1.39. The van der Waals surface area contributed by atoms with Crippen LogP contribution >= 0.6 is 0 Å². The predicted octanol–water partition coefficient (Wildman–Crippen LogP) is 6.91. The van der Waals surface area contributed by atoms with E-state index in [1.54, 1.807) is 12.7 Å². The monoisotopic (exact) mass is 448 g/mol. The summed E-state index contributed by atoms with van der Waals surface area (Å²) in [7, 11) is 1.81. The van der Waals surface area contributed by atoms with Crippen molar-refractivity contribution in [3.8, 4) is 0 Å². The second kappa shape index (κ2) is 10.9. The molecule has 3 rings (SSSR count). The van der Waals surface area contributed by atoms with Crippen molar-refractivity contribution in [1.82, 2.24) is 0 Å². The van der Waals surface area contributed by atoms with Crippen molar-refractivity contribution in [2.24, 2.45) is 35.0 Å². The van der Waals surface area contributed by atoms with Gasteiger partial charge in [0.05, 0.1) is 17.8 Å². The first kappa shape index (κ1) is 26.2. The first-order chi connectivity index (χ1) is 15.2. The second-order valence-corrected chi connectivity index (χ2v) is 12.3. The summed E-state index contributed by atoms with van der Waals surface area (Å²) in [4.78, 5) is 0. The van der Waals surface area contributed by atoms with E-state index in [-0.39, 0.29) is 17.6 Å². The van der Waals surface area contributed by atoms with Crippen LogP contribution in [0.15, 0.2) is 11.6 Å². The van der Waals surface area contributed by atoms with Crippen LogP contribution in [0.2, 0.25) is 0 Å². The molecule has 0 heterocycles. The highest BCUT2D eigenvalue weighted by Crippen LogP contribution is 2.58. The van der Waals surface area contributed by atoms with Crippen molar-refractivity contribution in [3.05, 3.63) is 11.6 Å². The van der Waals surface area contributed by atoms with Crippen LogP contribution in [0.1, 0.15) is 112 Å². The lowest BCUT2D eigenvalue weighted by Gasteiger charge is -2.52. The van der Waals surface area contributed by atoms with Gasteiger partial charge in [-0.25, -0.2) is 0 Å². The van der Waals surface area contributed by atoms with Gasteiger partial charge >= 0.3 is 0 Å². The summed E-state index contributed by atoms with van der Waals surface area (Å²) >= 11 is 0. The minimum atomic E-state index is -0.433. The first-order valence-electron chi connectivity index (χ1n) is 13.8. The molecule has 186 valence electrons. The van der Waals surface area contributed by atoms with Crippen LogP contribution in [-0.4, -0.2) is 35.1 Å². The molecule has 3 aliphatic rings. The molecule has 8 atom stereocenters. The summed E-state index contributed by atoms with van der Waals surface area (Å²) in [6.07, 6.45) is 15.6. The molecule has 0 amide bonds. The number of allylic oxidation sites excluding steroid dienone is 1. The van der Waals surface area contributed by atoms with Gasteiger partial charge in [0.15, 0.2) is 0 Å². The number of hydrogen-bond donors (Lipinski definition) is 2. The molecule has 0 bridgehead atoms. The van der Waals surface area contributed by atoms with Crippen molar-refractivity contribution in [2.75, 3.05) is 7.11 Å². The number of methoxy groups -OCH3 is 1. The summed E-state index contributed by atoms with van der Waals surface area (Å²) in [5.74, 6) is 3.26. The third kappa shape index (κ3) is 5.31. The predicted molar refractivity (Wildman–Crippen MR) is 133 cm³/mol. The van der Waals surface area contributed by atoms with E-state index in [1.165, 1.54) is 44.9 Å². The van der Waals surface area contributed by atoms with E-state index in [1.807, 2.05) is 0 Å². The van der Waals surface area contributed by atoms with E-state index in [9.17, 15) is 10.2 Å². The lowest BCUT2D eigenvalue weighted by atomic mass is 9.53. The van der Waals surface area contributed by atoms with E-state index >= 15 is 0 Å². The van der Waals surface area contributed by atoms with Crippen molar-refractivity contribution >= 4 is 0 Å². The second-order valence-electron chi connectivity index (χ2n) is 12.3. The van der Waals surface area contributed by atoms with Gasteiger partial charge in [0, 0.05) is 7.11 Å². The van der Waals surface area contributed by atoms with Crippen molar-refractivity contribution < 1.29 is 14.9 Å². The van der Waals surface area contributed by atoms with Gasteiger partial charge in [0.25, 0.3) is 0 Å². The normalized spacial score (nSPS) is 38.3. The summed E-state index contributed by atoms with van der Waals surface area (Å²) < 4.78 is 6.07. The topological polar surface area (TPSA) is 49.7 Å². The fraction of sp³-hybridized carbons (Fsp3) is 0.931. The number of fused-ring (bicyclic) bond motifs is 1. The largest absolute Gasteiger partial charge is 0.393 e. The minimum Gasteiger partial charge on any atom is -0.393 e.